The predicted molar refractivity (Wildman–Crippen MR) is 67.8 cm³/mol. The number of hydrogen-bond donors (Lipinski definition) is 2. The fraction of sp³-hybridized carbons (Fsp3) is 0.500. The van der Waals surface area contributed by atoms with Crippen molar-refractivity contribution < 1.29 is 4.79 Å². The Balaban J connectivity index is 2.90. The number of hydrogen-bond acceptors (Lipinski definition) is 5. The number of anilines is 2. The van der Waals surface area contributed by atoms with Gasteiger partial charge in [-0.15, -0.1) is 0 Å². The van der Waals surface area contributed by atoms with E-state index in [1.807, 2.05) is 0 Å². The van der Waals surface area contributed by atoms with E-state index in [1.54, 1.807) is 11.0 Å². The maximum atomic E-state index is 11.0. The summed E-state index contributed by atoms with van der Waals surface area (Å²) in [5.41, 5.74) is 10.7. The van der Waals surface area contributed by atoms with Gasteiger partial charge < -0.3 is 16.4 Å². The maximum Gasteiger partial charge on any atom is 0.236 e. The molecule has 1 heterocycles. The summed E-state index contributed by atoms with van der Waals surface area (Å²) in [6, 6.07) is 1.57. The first-order valence-corrected chi connectivity index (χ1v) is 5.74. The van der Waals surface area contributed by atoms with Crippen LogP contribution in [-0.4, -0.2) is 29.0 Å². The molecule has 0 saturated heterocycles. The number of nitrogen functional groups attached to an aromatic ring is 1. The average Bonchev–Trinajstić information content (AvgIpc) is 2.22. The Morgan fingerprint density at radius 3 is 2.76 bits per heavy atom. The van der Waals surface area contributed by atoms with Gasteiger partial charge in [0.25, 0.3) is 0 Å². The molecule has 1 aromatic heterocycles. The van der Waals surface area contributed by atoms with Crippen LogP contribution in [0.1, 0.15) is 19.8 Å². The van der Waals surface area contributed by atoms with Crippen LogP contribution in [0, 0.1) is 0 Å². The Kier molecular flexibility index (Phi) is 4.96. The number of unbranched alkanes of at least 4 members (excludes halogenated alkanes) is 1. The molecular formula is C10H16ClN5O. The Labute approximate surface area is 105 Å². The summed E-state index contributed by atoms with van der Waals surface area (Å²) in [4.78, 5) is 20.5. The Morgan fingerprint density at radius 1 is 1.53 bits per heavy atom. The highest BCUT2D eigenvalue weighted by molar-refractivity contribution is 6.29. The second-order valence-corrected chi connectivity index (χ2v) is 4.04. The lowest BCUT2D eigenvalue weighted by Gasteiger charge is -2.22. The van der Waals surface area contributed by atoms with Crippen LogP contribution in [0.4, 0.5) is 11.8 Å². The molecule has 0 bridgehead atoms. The zero-order valence-electron chi connectivity index (χ0n) is 9.69. The summed E-state index contributed by atoms with van der Waals surface area (Å²) in [6.07, 6.45) is 1.93. The fourth-order valence-corrected chi connectivity index (χ4v) is 1.58. The number of nitrogens with zero attached hydrogens (tertiary/aromatic N) is 3. The molecule has 4 N–H and O–H groups in total. The van der Waals surface area contributed by atoms with Gasteiger partial charge in [0.15, 0.2) is 0 Å². The molecule has 0 aliphatic carbocycles. The molecule has 0 atom stereocenters. The normalized spacial score (nSPS) is 10.2. The molecule has 0 fully saturated rings. The van der Waals surface area contributed by atoms with Crippen LogP contribution >= 0.6 is 11.6 Å². The number of aromatic nitrogens is 2. The first-order chi connectivity index (χ1) is 8.02. The second-order valence-electron chi connectivity index (χ2n) is 3.65. The second kappa shape index (κ2) is 6.24. The molecule has 1 amide bonds. The van der Waals surface area contributed by atoms with Gasteiger partial charge in [-0.2, -0.15) is 4.98 Å². The van der Waals surface area contributed by atoms with Crippen molar-refractivity contribution in [1.82, 2.24) is 9.97 Å². The van der Waals surface area contributed by atoms with Gasteiger partial charge in [0, 0.05) is 12.6 Å². The third-order valence-corrected chi connectivity index (χ3v) is 2.34. The predicted octanol–water partition coefficient (Wildman–Crippen LogP) is 0.804. The molecule has 1 aromatic rings. The van der Waals surface area contributed by atoms with Crippen molar-refractivity contribution in [2.24, 2.45) is 5.73 Å². The van der Waals surface area contributed by atoms with E-state index >= 15 is 0 Å². The number of carbonyl (C=O) groups excluding carboxylic acids is 1. The highest BCUT2D eigenvalue weighted by atomic mass is 35.5. The minimum Gasteiger partial charge on any atom is -0.368 e. The van der Waals surface area contributed by atoms with Crippen LogP contribution in [0.25, 0.3) is 0 Å². The SMILES string of the molecule is CCCCN(CC(N)=O)c1cc(Cl)nc(N)n1. The van der Waals surface area contributed by atoms with E-state index in [0.717, 1.165) is 12.8 Å². The van der Waals surface area contributed by atoms with Gasteiger partial charge in [-0.1, -0.05) is 24.9 Å². The summed E-state index contributed by atoms with van der Waals surface area (Å²) >= 11 is 5.79. The quantitative estimate of drug-likeness (QED) is 0.735. The van der Waals surface area contributed by atoms with Crippen LogP contribution in [-0.2, 0) is 4.79 Å². The van der Waals surface area contributed by atoms with Gasteiger partial charge >= 0.3 is 0 Å². The summed E-state index contributed by atoms with van der Waals surface area (Å²) in [5.74, 6) is 0.183. The summed E-state index contributed by atoms with van der Waals surface area (Å²) < 4.78 is 0. The van der Waals surface area contributed by atoms with E-state index in [1.165, 1.54) is 0 Å². The van der Waals surface area contributed by atoms with Crippen molar-refractivity contribution in [3.8, 4) is 0 Å². The molecule has 0 unspecified atom stereocenters. The Bertz CT molecular complexity index is 378. The zero-order chi connectivity index (χ0) is 12.8. The smallest absolute Gasteiger partial charge is 0.236 e. The molecule has 7 heteroatoms. The van der Waals surface area contributed by atoms with Crippen molar-refractivity contribution in [3.05, 3.63) is 11.2 Å². The Morgan fingerprint density at radius 2 is 2.24 bits per heavy atom. The first kappa shape index (κ1) is 13.5. The van der Waals surface area contributed by atoms with Gasteiger partial charge in [-0.05, 0) is 6.42 Å². The van der Waals surface area contributed by atoms with E-state index in [0.29, 0.717) is 12.4 Å². The molecule has 0 spiro atoms. The van der Waals surface area contributed by atoms with E-state index in [4.69, 9.17) is 23.1 Å². The van der Waals surface area contributed by atoms with Gasteiger partial charge in [-0.25, -0.2) is 4.98 Å². The van der Waals surface area contributed by atoms with E-state index in [-0.39, 0.29) is 17.6 Å². The molecule has 1 rings (SSSR count). The minimum atomic E-state index is -0.422. The van der Waals surface area contributed by atoms with Crippen LogP contribution in [0.5, 0.6) is 0 Å². The van der Waals surface area contributed by atoms with Crippen molar-refractivity contribution in [1.29, 1.82) is 0 Å². The lowest BCUT2D eigenvalue weighted by molar-refractivity contribution is -0.116. The van der Waals surface area contributed by atoms with Gasteiger partial charge in [-0.3, -0.25) is 4.79 Å². The van der Waals surface area contributed by atoms with E-state index < -0.39 is 5.91 Å². The number of rotatable bonds is 6. The lowest BCUT2D eigenvalue weighted by atomic mass is 10.3. The monoisotopic (exact) mass is 257 g/mol. The zero-order valence-corrected chi connectivity index (χ0v) is 10.4. The summed E-state index contributed by atoms with van der Waals surface area (Å²) in [7, 11) is 0. The lowest BCUT2D eigenvalue weighted by Crippen LogP contribution is -2.35. The largest absolute Gasteiger partial charge is 0.368 e. The number of primary amides is 1. The molecular weight excluding hydrogens is 242 g/mol. The third kappa shape index (κ3) is 4.44. The van der Waals surface area contributed by atoms with Crippen molar-refractivity contribution in [3.63, 3.8) is 0 Å². The highest BCUT2D eigenvalue weighted by Crippen LogP contribution is 2.17. The minimum absolute atomic E-state index is 0.0819. The van der Waals surface area contributed by atoms with Gasteiger partial charge in [0.1, 0.15) is 11.0 Å². The molecule has 0 aliphatic rings. The van der Waals surface area contributed by atoms with E-state index in [2.05, 4.69) is 16.9 Å². The van der Waals surface area contributed by atoms with Gasteiger partial charge in [0.2, 0.25) is 11.9 Å². The molecule has 94 valence electrons. The fourth-order valence-electron chi connectivity index (χ4n) is 1.40. The summed E-state index contributed by atoms with van der Waals surface area (Å²) in [6.45, 7) is 2.82. The van der Waals surface area contributed by atoms with Crippen molar-refractivity contribution >= 4 is 29.3 Å². The average molecular weight is 258 g/mol. The van der Waals surface area contributed by atoms with Crippen molar-refractivity contribution in [2.75, 3.05) is 23.7 Å². The topological polar surface area (TPSA) is 98.1 Å². The standard InChI is InChI=1S/C10H16ClN5O/c1-2-3-4-16(6-8(12)17)9-5-7(11)14-10(13)15-9/h5H,2-4,6H2,1H3,(H2,12,17)(H2,13,14,15). The first-order valence-electron chi connectivity index (χ1n) is 5.36. The molecule has 6 nitrogen and oxygen atoms in total. The number of halogens is 1. The van der Waals surface area contributed by atoms with Crippen LogP contribution < -0.4 is 16.4 Å². The van der Waals surface area contributed by atoms with Crippen LogP contribution in [0.3, 0.4) is 0 Å². The molecule has 17 heavy (non-hydrogen) atoms. The molecule has 0 saturated carbocycles. The third-order valence-electron chi connectivity index (χ3n) is 2.15. The van der Waals surface area contributed by atoms with Crippen molar-refractivity contribution in [2.45, 2.75) is 19.8 Å². The molecule has 0 radical (unpaired) electrons. The van der Waals surface area contributed by atoms with Gasteiger partial charge in [0.05, 0.1) is 6.54 Å². The Hall–Kier alpha value is -1.56. The molecule has 0 aromatic carbocycles. The van der Waals surface area contributed by atoms with Crippen LogP contribution in [0.2, 0.25) is 5.15 Å². The highest BCUT2D eigenvalue weighted by Gasteiger charge is 2.12. The van der Waals surface area contributed by atoms with E-state index in [9.17, 15) is 4.79 Å². The summed E-state index contributed by atoms with van der Waals surface area (Å²) in [5, 5.41) is 0.249. The number of nitrogens with two attached hydrogens (primary N) is 2. The van der Waals surface area contributed by atoms with Crippen LogP contribution in [0.15, 0.2) is 6.07 Å². The number of amides is 1. The maximum absolute atomic E-state index is 11.0. The molecule has 0 aliphatic heterocycles. The number of carbonyl (C=O) groups is 1.